The molecule has 0 radical (unpaired) electrons. The molecule has 1 unspecified atom stereocenters. The Morgan fingerprint density at radius 2 is 1.71 bits per heavy atom. The molecule has 0 N–H and O–H groups in total. The minimum atomic E-state index is -0.365. The first-order chi connectivity index (χ1) is 16.7. The SMILES string of the molecule is Cc1cc(-c2nc3cc4c(cc3n2C(C)c2ccccc2)N(C(C)C)C(=O)C42CC2)cn(C)c1=O. The zero-order valence-corrected chi connectivity index (χ0v) is 20.9. The molecule has 0 saturated heterocycles. The number of benzene rings is 2. The second-order valence-corrected chi connectivity index (χ2v) is 10.4. The van der Waals surface area contributed by atoms with E-state index in [1.54, 1.807) is 11.6 Å². The molecule has 1 fully saturated rings. The number of nitrogens with zero attached hydrogens (tertiary/aromatic N) is 4. The Morgan fingerprint density at radius 3 is 2.34 bits per heavy atom. The lowest BCUT2D eigenvalue weighted by molar-refractivity contribution is -0.120. The normalized spacial score (nSPS) is 17.0. The highest BCUT2D eigenvalue weighted by Gasteiger charge is 2.59. The maximum absolute atomic E-state index is 13.4. The Bertz CT molecular complexity index is 1530. The van der Waals surface area contributed by atoms with Gasteiger partial charge in [-0.1, -0.05) is 30.3 Å². The number of carbonyl (C=O) groups excluding carboxylic acids is 1. The minimum absolute atomic E-state index is 0.00581. The Morgan fingerprint density at radius 1 is 1.00 bits per heavy atom. The number of pyridine rings is 1. The van der Waals surface area contributed by atoms with Crippen LogP contribution in [0.4, 0.5) is 5.69 Å². The Hall–Kier alpha value is -3.67. The number of rotatable bonds is 4. The Labute approximate surface area is 204 Å². The third-order valence-corrected chi connectivity index (χ3v) is 7.77. The van der Waals surface area contributed by atoms with Gasteiger partial charge in [0.2, 0.25) is 5.91 Å². The number of hydrogen-bond donors (Lipinski definition) is 0. The van der Waals surface area contributed by atoms with Crippen molar-refractivity contribution in [3.8, 4) is 11.4 Å². The van der Waals surface area contributed by atoms with E-state index < -0.39 is 0 Å². The van der Waals surface area contributed by atoms with Crippen molar-refractivity contribution < 1.29 is 4.79 Å². The average Bonchev–Trinajstić information content (AvgIpc) is 3.51. The molecule has 2 aliphatic rings. The molecule has 0 bridgehead atoms. The van der Waals surface area contributed by atoms with Crippen molar-refractivity contribution in [2.75, 3.05) is 4.90 Å². The summed E-state index contributed by atoms with van der Waals surface area (Å²) in [6, 6.07) is 16.7. The fourth-order valence-electron chi connectivity index (χ4n) is 5.77. The summed E-state index contributed by atoms with van der Waals surface area (Å²) < 4.78 is 3.88. The summed E-state index contributed by atoms with van der Waals surface area (Å²) in [7, 11) is 1.78. The number of aromatic nitrogens is 3. The first-order valence-electron chi connectivity index (χ1n) is 12.4. The van der Waals surface area contributed by atoms with Crippen molar-refractivity contribution >= 4 is 22.6 Å². The molecule has 1 spiro atoms. The molecule has 1 saturated carbocycles. The third-order valence-electron chi connectivity index (χ3n) is 7.77. The number of carbonyl (C=O) groups is 1. The summed E-state index contributed by atoms with van der Waals surface area (Å²) in [5, 5.41) is 0. The fraction of sp³-hybridized carbons (Fsp3) is 0.345. The first-order valence-corrected chi connectivity index (χ1v) is 12.4. The topological polar surface area (TPSA) is 60.1 Å². The molecule has 2 aromatic heterocycles. The van der Waals surface area contributed by atoms with Gasteiger partial charge in [-0.3, -0.25) is 9.59 Å². The maximum Gasteiger partial charge on any atom is 0.253 e. The van der Waals surface area contributed by atoms with Crippen LogP contribution in [0.5, 0.6) is 0 Å². The predicted octanol–water partition coefficient (Wildman–Crippen LogP) is 5.11. The molecule has 4 aromatic rings. The van der Waals surface area contributed by atoms with Crippen molar-refractivity contribution in [2.45, 2.75) is 58.0 Å². The van der Waals surface area contributed by atoms with Crippen LogP contribution in [0.2, 0.25) is 0 Å². The van der Waals surface area contributed by atoms with Gasteiger partial charge in [-0.15, -0.1) is 0 Å². The molecule has 1 amide bonds. The predicted molar refractivity (Wildman–Crippen MR) is 139 cm³/mol. The molecule has 35 heavy (non-hydrogen) atoms. The van der Waals surface area contributed by atoms with E-state index in [4.69, 9.17) is 4.98 Å². The molecular weight excluding hydrogens is 436 g/mol. The number of amides is 1. The monoisotopic (exact) mass is 466 g/mol. The molecule has 1 aliphatic carbocycles. The van der Waals surface area contributed by atoms with E-state index in [1.807, 2.05) is 30.2 Å². The summed E-state index contributed by atoms with van der Waals surface area (Å²) in [4.78, 5) is 32.9. The Balaban J connectivity index is 1.65. The number of hydrogen-bond acceptors (Lipinski definition) is 3. The van der Waals surface area contributed by atoms with Crippen molar-refractivity contribution in [3.05, 3.63) is 81.8 Å². The number of anilines is 1. The van der Waals surface area contributed by atoms with Gasteiger partial charge in [-0.2, -0.15) is 0 Å². The Kier molecular flexibility index (Phi) is 4.62. The lowest BCUT2D eigenvalue weighted by atomic mass is 9.97. The molecule has 178 valence electrons. The van der Waals surface area contributed by atoms with Crippen molar-refractivity contribution in [1.82, 2.24) is 14.1 Å². The van der Waals surface area contributed by atoms with E-state index in [1.165, 1.54) is 5.56 Å². The highest BCUT2D eigenvalue weighted by Crippen LogP contribution is 2.58. The first kappa shape index (κ1) is 21.8. The van der Waals surface area contributed by atoms with Gasteiger partial charge >= 0.3 is 0 Å². The standard InChI is InChI=1S/C29H30N4O2/c1-17(2)32-24-15-25-23(14-22(24)29(11-12-29)28(32)35)30-26(21-13-18(3)27(34)31(5)16-21)33(25)19(4)20-9-7-6-8-10-20/h6-10,13-17,19H,11-12H2,1-5H3. The van der Waals surface area contributed by atoms with Crippen LogP contribution in [-0.4, -0.2) is 26.1 Å². The van der Waals surface area contributed by atoms with Gasteiger partial charge in [0.25, 0.3) is 5.56 Å². The van der Waals surface area contributed by atoms with Crippen LogP contribution in [0.1, 0.15) is 56.3 Å². The number of aryl methyl sites for hydroxylation is 2. The second-order valence-electron chi connectivity index (χ2n) is 10.4. The zero-order chi connectivity index (χ0) is 24.6. The highest BCUT2D eigenvalue weighted by molar-refractivity contribution is 6.12. The summed E-state index contributed by atoms with van der Waals surface area (Å²) in [5.74, 6) is 1.05. The van der Waals surface area contributed by atoms with Gasteiger partial charge in [0.1, 0.15) is 5.82 Å². The summed E-state index contributed by atoms with van der Waals surface area (Å²) >= 11 is 0. The van der Waals surface area contributed by atoms with Crippen LogP contribution in [0.15, 0.2) is 59.5 Å². The highest BCUT2D eigenvalue weighted by atomic mass is 16.2. The van der Waals surface area contributed by atoms with Crippen LogP contribution in [0.3, 0.4) is 0 Å². The molecule has 6 nitrogen and oxygen atoms in total. The van der Waals surface area contributed by atoms with Gasteiger partial charge in [-0.25, -0.2) is 4.98 Å². The van der Waals surface area contributed by atoms with Crippen LogP contribution in [-0.2, 0) is 17.3 Å². The number of imidazole rings is 1. The van der Waals surface area contributed by atoms with Gasteiger partial charge < -0.3 is 14.0 Å². The van der Waals surface area contributed by atoms with Crippen LogP contribution < -0.4 is 10.5 Å². The van der Waals surface area contributed by atoms with E-state index in [0.29, 0.717) is 5.56 Å². The van der Waals surface area contributed by atoms with Crippen LogP contribution in [0.25, 0.3) is 22.4 Å². The average molecular weight is 467 g/mol. The van der Waals surface area contributed by atoms with Crippen LogP contribution >= 0.6 is 0 Å². The van der Waals surface area contributed by atoms with Crippen LogP contribution in [0, 0.1) is 6.92 Å². The lowest BCUT2D eigenvalue weighted by Gasteiger charge is -2.23. The zero-order valence-electron chi connectivity index (χ0n) is 20.9. The molecular formula is C29H30N4O2. The van der Waals surface area contributed by atoms with Crippen molar-refractivity contribution in [1.29, 1.82) is 0 Å². The summed E-state index contributed by atoms with van der Waals surface area (Å²) in [5.41, 5.74) is 6.40. The molecule has 2 aromatic carbocycles. The lowest BCUT2D eigenvalue weighted by Crippen LogP contribution is -2.37. The molecule has 1 atom stereocenters. The third kappa shape index (κ3) is 3.05. The second kappa shape index (κ2) is 7.41. The van der Waals surface area contributed by atoms with E-state index in [2.05, 4.69) is 61.7 Å². The molecule has 1 aliphatic heterocycles. The van der Waals surface area contributed by atoms with E-state index >= 15 is 0 Å². The van der Waals surface area contributed by atoms with Gasteiger partial charge in [0, 0.05) is 30.4 Å². The fourth-order valence-corrected chi connectivity index (χ4v) is 5.77. The van der Waals surface area contributed by atoms with Crippen molar-refractivity contribution in [2.24, 2.45) is 7.05 Å². The van der Waals surface area contributed by atoms with E-state index in [-0.39, 0.29) is 29.0 Å². The smallest absolute Gasteiger partial charge is 0.253 e. The molecule has 6 heteroatoms. The maximum atomic E-state index is 13.4. The largest absolute Gasteiger partial charge is 0.318 e. The van der Waals surface area contributed by atoms with E-state index in [9.17, 15) is 9.59 Å². The summed E-state index contributed by atoms with van der Waals surface area (Å²) in [6.45, 7) is 8.18. The minimum Gasteiger partial charge on any atom is -0.318 e. The number of fused-ring (bicyclic) bond motifs is 3. The van der Waals surface area contributed by atoms with E-state index in [0.717, 1.165) is 46.5 Å². The van der Waals surface area contributed by atoms with Gasteiger partial charge in [0.15, 0.2) is 0 Å². The van der Waals surface area contributed by atoms with Gasteiger partial charge in [-0.05, 0) is 69.9 Å². The molecule has 3 heterocycles. The van der Waals surface area contributed by atoms with Crippen molar-refractivity contribution in [3.63, 3.8) is 0 Å². The van der Waals surface area contributed by atoms with Gasteiger partial charge in [0.05, 0.1) is 28.2 Å². The quantitative estimate of drug-likeness (QED) is 0.420. The molecule has 6 rings (SSSR count). The summed E-state index contributed by atoms with van der Waals surface area (Å²) in [6.07, 6.45) is 3.67.